The second-order valence-electron chi connectivity index (χ2n) is 4.66. The lowest BCUT2D eigenvalue weighted by molar-refractivity contribution is -0.141. The third-order valence-electron chi connectivity index (χ3n) is 3.04. The number of alkyl halides is 4. The van der Waals surface area contributed by atoms with Crippen LogP contribution >= 0.6 is 27.5 Å². The van der Waals surface area contributed by atoms with E-state index in [0.29, 0.717) is 21.7 Å². The number of halogens is 5. The van der Waals surface area contributed by atoms with E-state index >= 15 is 0 Å². The van der Waals surface area contributed by atoms with Crippen LogP contribution in [0.4, 0.5) is 18.9 Å². The molecular weight excluding hydrogens is 413 g/mol. The molecule has 0 aliphatic carbocycles. The first-order valence-corrected chi connectivity index (χ1v) is 8.03. The molecule has 1 aromatic heterocycles. The molecule has 0 saturated carbocycles. The fourth-order valence-corrected chi connectivity index (χ4v) is 2.65. The lowest BCUT2D eigenvalue weighted by Crippen LogP contribution is -2.15. The first-order chi connectivity index (χ1) is 11.3. The van der Waals surface area contributed by atoms with Crippen LogP contribution in [-0.4, -0.2) is 18.0 Å². The molecule has 0 bridgehead atoms. The van der Waals surface area contributed by atoms with Crippen LogP contribution in [0.1, 0.15) is 21.6 Å². The van der Waals surface area contributed by atoms with Crippen LogP contribution < -0.4 is 10.1 Å². The SMILES string of the molecule is COc1c(CBr)cc(Cl)cc1C(=O)Nc1ccc(C(F)(F)F)nc1. The number of hydrogen-bond donors (Lipinski definition) is 1. The Morgan fingerprint density at radius 1 is 1.38 bits per heavy atom. The number of carbonyl (C=O) groups excluding carboxylic acids is 1. The number of methoxy groups -OCH3 is 1. The molecule has 1 heterocycles. The van der Waals surface area contributed by atoms with Crippen LogP contribution in [0.15, 0.2) is 30.5 Å². The van der Waals surface area contributed by atoms with Crippen molar-refractivity contribution >= 4 is 39.1 Å². The second-order valence-corrected chi connectivity index (χ2v) is 5.66. The summed E-state index contributed by atoms with van der Waals surface area (Å²) in [7, 11) is 1.41. The van der Waals surface area contributed by atoms with Crippen molar-refractivity contribution in [2.24, 2.45) is 0 Å². The minimum atomic E-state index is -4.54. The van der Waals surface area contributed by atoms with Crippen molar-refractivity contribution in [3.05, 3.63) is 52.3 Å². The third-order valence-corrected chi connectivity index (χ3v) is 3.86. The molecule has 0 fully saturated rings. The Morgan fingerprint density at radius 2 is 2.08 bits per heavy atom. The van der Waals surface area contributed by atoms with E-state index in [2.05, 4.69) is 26.2 Å². The Kier molecular flexibility index (Phi) is 5.71. The van der Waals surface area contributed by atoms with Gasteiger partial charge in [-0.2, -0.15) is 13.2 Å². The van der Waals surface area contributed by atoms with Crippen molar-refractivity contribution in [2.45, 2.75) is 11.5 Å². The number of anilines is 1. The Balaban J connectivity index is 2.29. The standard InChI is InChI=1S/C15H11BrClF3N2O2/c1-24-13-8(6-16)4-9(17)5-11(13)14(23)22-10-2-3-12(21-7-10)15(18,19)20/h2-5,7H,6H2,1H3,(H,22,23). The van der Waals surface area contributed by atoms with Crippen LogP contribution in [0.3, 0.4) is 0 Å². The molecule has 4 nitrogen and oxygen atoms in total. The van der Waals surface area contributed by atoms with Crippen LogP contribution in [0.2, 0.25) is 5.02 Å². The summed E-state index contributed by atoms with van der Waals surface area (Å²) < 4.78 is 42.7. The largest absolute Gasteiger partial charge is 0.496 e. The fourth-order valence-electron chi connectivity index (χ4n) is 1.99. The number of nitrogens with zero attached hydrogens (tertiary/aromatic N) is 1. The minimum absolute atomic E-state index is 0.121. The number of pyridine rings is 1. The second kappa shape index (κ2) is 7.40. The van der Waals surface area contributed by atoms with Crippen molar-refractivity contribution in [1.82, 2.24) is 4.98 Å². The van der Waals surface area contributed by atoms with Crippen molar-refractivity contribution in [3.63, 3.8) is 0 Å². The molecule has 0 saturated heterocycles. The molecule has 1 amide bonds. The van der Waals surface area contributed by atoms with Gasteiger partial charge in [0.25, 0.3) is 5.91 Å². The summed E-state index contributed by atoms with van der Waals surface area (Å²) in [5.41, 5.74) is -0.0853. The molecular formula is C15H11BrClF3N2O2. The van der Waals surface area contributed by atoms with Gasteiger partial charge in [0.1, 0.15) is 11.4 Å². The summed E-state index contributed by atoms with van der Waals surface area (Å²) in [5, 5.41) is 3.22. The maximum atomic E-state index is 12.5. The van der Waals surface area contributed by atoms with Gasteiger partial charge in [-0.25, -0.2) is 4.98 Å². The molecule has 0 aliphatic heterocycles. The molecule has 24 heavy (non-hydrogen) atoms. The highest BCUT2D eigenvalue weighted by molar-refractivity contribution is 9.08. The van der Waals surface area contributed by atoms with Gasteiger partial charge >= 0.3 is 6.18 Å². The minimum Gasteiger partial charge on any atom is -0.496 e. The maximum Gasteiger partial charge on any atom is 0.433 e. The van der Waals surface area contributed by atoms with Gasteiger partial charge in [-0.1, -0.05) is 27.5 Å². The lowest BCUT2D eigenvalue weighted by atomic mass is 10.1. The van der Waals surface area contributed by atoms with Gasteiger partial charge in [0, 0.05) is 15.9 Å². The van der Waals surface area contributed by atoms with E-state index in [9.17, 15) is 18.0 Å². The molecule has 128 valence electrons. The first kappa shape index (κ1) is 18.5. The number of hydrogen-bond acceptors (Lipinski definition) is 3. The summed E-state index contributed by atoms with van der Waals surface area (Å²) in [4.78, 5) is 15.7. The normalized spacial score (nSPS) is 11.2. The predicted molar refractivity (Wildman–Crippen MR) is 87.8 cm³/mol. The number of aromatic nitrogens is 1. The molecule has 1 N–H and O–H groups in total. The summed E-state index contributed by atoms with van der Waals surface area (Å²) in [5.74, 6) is -0.244. The Hall–Kier alpha value is -1.80. The molecule has 1 aromatic carbocycles. The predicted octanol–water partition coefficient (Wildman–Crippen LogP) is 4.91. The monoisotopic (exact) mass is 422 g/mol. The highest BCUT2D eigenvalue weighted by atomic mass is 79.9. The first-order valence-electron chi connectivity index (χ1n) is 6.53. The smallest absolute Gasteiger partial charge is 0.433 e. The quantitative estimate of drug-likeness (QED) is 0.711. The zero-order valence-electron chi connectivity index (χ0n) is 12.2. The highest BCUT2D eigenvalue weighted by Gasteiger charge is 2.32. The molecule has 2 rings (SSSR count). The summed E-state index contributed by atoms with van der Waals surface area (Å²) >= 11 is 9.26. The van der Waals surface area contributed by atoms with Gasteiger partial charge in [-0.3, -0.25) is 4.79 Å². The Labute approximate surface area is 149 Å². The topological polar surface area (TPSA) is 51.2 Å². The molecule has 0 spiro atoms. The molecule has 0 radical (unpaired) electrons. The van der Waals surface area contributed by atoms with Crippen molar-refractivity contribution in [2.75, 3.05) is 12.4 Å². The van der Waals surface area contributed by atoms with E-state index in [1.165, 1.54) is 13.2 Å². The van der Waals surface area contributed by atoms with E-state index in [4.69, 9.17) is 16.3 Å². The van der Waals surface area contributed by atoms with Gasteiger partial charge in [0.2, 0.25) is 0 Å². The number of benzene rings is 1. The van der Waals surface area contributed by atoms with Crippen LogP contribution in [0.25, 0.3) is 0 Å². The third kappa shape index (κ3) is 4.18. The van der Waals surface area contributed by atoms with Crippen molar-refractivity contribution in [3.8, 4) is 5.75 Å². The number of carbonyl (C=O) groups is 1. The lowest BCUT2D eigenvalue weighted by Gasteiger charge is -2.13. The Bertz CT molecular complexity index is 752. The summed E-state index contributed by atoms with van der Waals surface area (Å²) in [6.45, 7) is 0. The number of rotatable bonds is 4. The van der Waals surface area contributed by atoms with E-state index in [0.717, 1.165) is 18.3 Å². The average molecular weight is 424 g/mol. The van der Waals surface area contributed by atoms with Crippen LogP contribution in [-0.2, 0) is 11.5 Å². The molecule has 9 heteroatoms. The van der Waals surface area contributed by atoms with Gasteiger partial charge in [-0.05, 0) is 24.3 Å². The highest BCUT2D eigenvalue weighted by Crippen LogP contribution is 2.31. The van der Waals surface area contributed by atoms with Gasteiger partial charge in [0.15, 0.2) is 0 Å². The van der Waals surface area contributed by atoms with E-state index < -0.39 is 17.8 Å². The maximum absolute atomic E-state index is 12.5. The number of amides is 1. The zero-order chi connectivity index (χ0) is 17.9. The van der Waals surface area contributed by atoms with Gasteiger partial charge < -0.3 is 10.1 Å². The van der Waals surface area contributed by atoms with Crippen LogP contribution in [0, 0.1) is 0 Å². The van der Waals surface area contributed by atoms with E-state index in [1.807, 2.05) is 0 Å². The average Bonchev–Trinajstić information content (AvgIpc) is 2.53. The van der Waals surface area contributed by atoms with Gasteiger partial charge in [-0.15, -0.1) is 0 Å². The fraction of sp³-hybridized carbons (Fsp3) is 0.200. The molecule has 0 unspecified atom stereocenters. The van der Waals surface area contributed by atoms with E-state index in [1.54, 1.807) is 6.07 Å². The van der Waals surface area contributed by atoms with Crippen LogP contribution in [0.5, 0.6) is 5.75 Å². The number of nitrogens with one attached hydrogen (secondary N) is 1. The summed E-state index contributed by atoms with van der Waals surface area (Å²) in [6.07, 6.45) is -3.60. The van der Waals surface area contributed by atoms with E-state index in [-0.39, 0.29) is 11.3 Å². The molecule has 0 atom stereocenters. The Morgan fingerprint density at radius 3 is 2.58 bits per heavy atom. The van der Waals surface area contributed by atoms with Crippen molar-refractivity contribution in [1.29, 1.82) is 0 Å². The zero-order valence-corrected chi connectivity index (χ0v) is 14.6. The molecule has 2 aromatic rings. The summed E-state index contributed by atoms with van der Waals surface area (Å²) in [6, 6.07) is 4.97. The number of ether oxygens (including phenoxy) is 1. The molecule has 0 aliphatic rings. The van der Waals surface area contributed by atoms with Gasteiger partial charge in [0.05, 0.1) is 24.6 Å². The van der Waals surface area contributed by atoms with Crippen molar-refractivity contribution < 1.29 is 22.7 Å².